The maximum atomic E-state index is 13.1. The molecule has 86 valence electrons. The van der Waals surface area contributed by atoms with Crippen LogP contribution in [0.5, 0.6) is 0 Å². The van der Waals surface area contributed by atoms with Crippen LogP contribution in [0.3, 0.4) is 0 Å². The Hall–Kier alpha value is -2.17. The SMILES string of the molecule is Cc1cnc(-n2c(C)nc3cc(F)ccc32)o1. The maximum Gasteiger partial charge on any atom is 0.307 e. The normalized spacial score (nSPS) is 11.2. The Morgan fingerprint density at radius 1 is 1.29 bits per heavy atom. The molecule has 0 aliphatic heterocycles. The van der Waals surface area contributed by atoms with E-state index in [0.29, 0.717) is 17.4 Å². The largest absolute Gasteiger partial charge is 0.428 e. The minimum Gasteiger partial charge on any atom is -0.428 e. The lowest BCUT2D eigenvalue weighted by Gasteiger charge is -2.00. The van der Waals surface area contributed by atoms with E-state index in [9.17, 15) is 4.39 Å². The molecule has 3 aromatic rings. The highest BCUT2D eigenvalue weighted by atomic mass is 19.1. The van der Waals surface area contributed by atoms with E-state index in [-0.39, 0.29) is 5.82 Å². The van der Waals surface area contributed by atoms with Crippen molar-refractivity contribution in [3.63, 3.8) is 0 Å². The minimum atomic E-state index is -0.300. The molecule has 0 aliphatic rings. The molecule has 0 saturated carbocycles. The van der Waals surface area contributed by atoms with Crippen molar-refractivity contribution in [3.05, 3.63) is 41.8 Å². The first-order valence-electron chi connectivity index (χ1n) is 5.22. The Bertz CT molecular complexity index is 699. The lowest BCUT2D eigenvalue weighted by Crippen LogP contribution is -1.96. The maximum absolute atomic E-state index is 13.1. The Morgan fingerprint density at radius 3 is 2.82 bits per heavy atom. The lowest BCUT2D eigenvalue weighted by atomic mass is 10.3. The van der Waals surface area contributed by atoms with Gasteiger partial charge in [-0.15, -0.1) is 0 Å². The van der Waals surface area contributed by atoms with E-state index in [1.165, 1.54) is 12.1 Å². The second kappa shape index (κ2) is 3.41. The molecule has 0 spiro atoms. The molecule has 1 aromatic carbocycles. The summed E-state index contributed by atoms with van der Waals surface area (Å²) in [5.74, 6) is 1.14. The van der Waals surface area contributed by atoms with E-state index in [0.717, 1.165) is 11.3 Å². The summed E-state index contributed by atoms with van der Waals surface area (Å²) in [5.41, 5.74) is 1.38. The number of oxazole rings is 1. The zero-order valence-corrected chi connectivity index (χ0v) is 9.44. The summed E-state index contributed by atoms with van der Waals surface area (Å²) in [6, 6.07) is 4.92. The van der Waals surface area contributed by atoms with E-state index >= 15 is 0 Å². The molecule has 2 heterocycles. The summed E-state index contributed by atoms with van der Waals surface area (Å²) >= 11 is 0. The average molecular weight is 231 g/mol. The number of hydrogen-bond acceptors (Lipinski definition) is 3. The zero-order valence-electron chi connectivity index (χ0n) is 9.44. The predicted octanol–water partition coefficient (Wildman–Crippen LogP) is 2.77. The fourth-order valence-electron chi connectivity index (χ4n) is 1.86. The fraction of sp³-hybridized carbons (Fsp3) is 0.167. The van der Waals surface area contributed by atoms with E-state index in [1.807, 2.05) is 13.8 Å². The summed E-state index contributed by atoms with van der Waals surface area (Å²) in [6.07, 6.45) is 1.64. The third kappa shape index (κ3) is 1.51. The summed E-state index contributed by atoms with van der Waals surface area (Å²) < 4.78 is 20.3. The molecule has 0 unspecified atom stereocenters. The monoisotopic (exact) mass is 231 g/mol. The summed E-state index contributed by atoms with van der Waals surface area (Å²) in [4.78, 5) is 8.44. The van der Waals surface area contributed by atoms with Crippen LogP contribution in [0.15, 0.2) is 28.8 Å². The van der Waals surface area contributed by atoms with Crippen molar-refractivity contribution in [2.75, 3.05) is 0 Å². The van der Waals surface area contributed by atoms with Gasteiger partial charge in [0.25, 0.3) is 0 Å². The van der Waals surface area contributed by atoms with Crippen LogP contribution in [0.1, 0.15) is 11.6 Å². The van der Waals surface area contributed by atoms with Crippen molar-refractivity contribution in [3.8, 4) is 6.01 Å². The van der Waals surface area contributed by atoms with Gasteiger partial charge < -0.3 is 4.42 Å². The van der Waals surface area contributed by atoms with E-state index in [2.05, 4.69) is 9.97 Å². The van der Waals surface area contributed by atoms with Gasteiger partial charge in [-0.2, -0.15) is 0 Å². The van der Waals surface area contributed by atoms with Gasteiger partial charge in [0.05, 0.1) is 17.2 Å². The van der Waals surface area contributed by atoms with Crippen molar-refractivity contribution in [2.45, 2.75) is 13.8 Å². The van der Waals surface area contributed by atoms with Crippen molar-refractivity contribution in [2.24, 2.45) is 0 Å². The number of aromatic nitrogens is 3. The predicted molar refractivity (Wildman–Crippen MR) is 60.6 cm³/mol. The summed E-state index contributed by atoms with van der Waals surface area (Å²) in [7, 11) is 0. The standard InChI is InChI=1S/C12H10FN3O/c1-7-6-14-12(17-7)16-8(2)15-10-5-9(13)3-4-11(10)16/h3-6H,1-2H3. The number of nitrogens with zero attached hydrogens (tertiary/aromatic N) is 3. The smallest absolute Gasteiger partial charge is 0.307 e. The molecule has 0 bridgehead atoms. The molecule has 4 nitrogen and oxygen atoms in total. The first kappa shape index (κ1) is 10.0. The van der Waals surface area contributed by atoms with Crippen LogP contribution in [0.25, 0.3) is 17.0 Å². The van der Waals surface area contributed by atoms with Gasteiger partial charge in [0, 0.05) is 6.07 Å². The average Bonchev–Trinajstić information content (AvgIpc) is 2.80. The van der Waals surface area contributed by atoms with Crippen molar-refractivity contribution in [1.82, 2.24) is 14.5 Å². The Kier molecular flexibility index (Phi) is 2.01. The number of benzene rings is 1. The number of rotatable bonds is 1. The van der Waals surface area contributed by atoms with Crippen LogP contribution in [-0.4, -0.2) is 14.5 Å². The molecule has 3 rings (SSSR count). The molecule has 0 atom stereocenters. The number of imidazole rings is 1. The third-order valence-corrected chi connectivity index (χ3v) is 2.58. The van der Waals surface area contributed by atoms with Gasteiger partial charge in [-0.1, -0.05) is 0 Å². The number of hydrogen-bond donors (Lipinski definition) is 0. The Labute approximate surface area is 96.7 Å². The molecule has 0 N–H and O–H groups in total. The van der Waals surface area contributed by atoms with E-state index in [4.69, 9.17) is 4.42 Å². The lowest BCUT2D eigenvalue weighted by molar-refractivity contribution is 0.501. The van der Waals surface area contributed by atoms with Gasteiger partial charge in [-0.05, 0) is 26.0 Å². The first-order valence-corrected chi connectivity index (χ1v) is 5.22. The molecular weight excluding hydrogens is 221 g/mol. The van der Waals surface area contributed by atoms with E-state index in [1.54, 1.807) is 16.8 Å². The highest BCUT2D eigenvalue weighted by Crippen LogP contribution is 2.21. The third-order valence-electron chi connectivity index (χ3n) is 2.58. The molecule has 0 radical (unpaired) electrons. The number of fused-ring (bicyclic) bond motifs is 1. The molecule has 5 heteroatoms. The second-order valence-corrected chi connectivity index (χ2v) is 3.88. The van der Waals surface area contributed by atoms with Crippen LogP contribution >= 0.6 is 0 Å². The van der Waals surface area contributed by atoms with Crippen molar-refractivity contribution in [1.29, 1.82) is 0 Å². The molecule has 2 aromatic heterocycles. The molecule has 17 heavy (non-hydrogen) atoms. The van der Waals surface area contributed by atoms with Gasteiger partial charge >= 0.3 is 6.01 Å². The van der Waals surface area contributed by atoms with Crippen LogP contribution in [0, 0.1) is 19.7 Å². The van der Waals surface area contributed by atoms with Gasteiger partial charge in [0.2, 0.25) is 0 Å². The second-order valence-electron chi connectivity index (χ2n) is 3.88. The number of halogens is 1. The zero-order chi connectivity index (χ0) is 12.0. The summed E-state index contributed by atoms with van der Waals surface area (Å²) in [5, 5.41) is 0. The van der Waals surface area contributed by atoms with Crippen molar-refractivity contribution >= 4 is 11.0 Å². The molecular formula is C12H10FN3O. The van der Waals surface area contributed by atoms with Gasteiger partial charge in [-0.25, -0.2) is 18.9 Å². The molecule has 0 amide bonds. The molecule has 0 fully saturated rings. The Morgan fingerprint density at radius 2 is 2.12 bits per heavy atom. The van der Waals surface area contributed by atoms with Crippen LogP contribution < -0.4 is 0 Å². The minimum absolute atomic E-state index is 0.300. The highest BCUT2D eigenvalue weighted by Gasteiger charge is 2.13. The van der Waals surface area contributed by atoms with Gasteiger partial charge in [0.1, 0.15) is 17.4 Å². The molecule has 0 saturated heterocycles. The van der Waals surface area contributed by atoms with Crippen LogP contribution in [0.2, 0.25) is 0 Å². The van der Waals surface area contributed by atoms with Gasteiger partial charge in [0.15, 0.2) is 0 Å². The summed E-state index contributed by atoms with van der Waals surface area (Å²) in [6.45, 7) is 3.65. The highest BCUT2D eigenvalue weighted by molar-refractivity contribution is 5.77. The van der Waals surface area contributed by atoms with Gasteiger partial charge in [-0.3, -0.25) is 0 Å². The van der Waals surface area contributed by atoms with E-state index < -0.39 is 0 Å². The quantitative estimate of drug-likeness (QED) is 0.646. The van der Waals surface area contributed by atoms with Crippen molar-refractivity contribution < 1.29 is 8.81 Å². The fourth-order valence-corrected chi connectivity index (χ4v) is 1.86. The van der Waals surface area contributed by atoms with Crippen LogP contribution in [-0.2, 0) is 0 Å². The number of aryl methyl sites for hydroxylation is 2. The molecule has 0 aliphatic carbocycles. The first-order chi connectivity index (χ1) is 8.15. The topological polar surface area (TPSA) is 43.9 Å². The van der Waals surface area contributed by atoms with Crippen LogP contribution in [0.4, 0.5) is 4.39 Å². The Balaban J connectivity index is 2.32.